The Morgan fingerprint density at radius 1 is 1.15 bits per heavy atom. The van der Waals surface area contributed by atoms with Crippen LogP contribution in [0.25, 0.3) is 0 Å². The summed E-state index contributed by atoms with van der Waals surface area (Å²) in [5.41, 5.74) is 3.11. The van der Waals surface area contributed by atoms with Crippen LogP contribution in [0.1, 0.15) is 58.1 Å². The van der Waals surface area contributed by atoms with E-state index < -0.39 is 0 Å². The van der Waals surface area contributed by atoms with Gasteiger partial charge in [-0.25, -0.2) is 0 Å². The van der Waals surface area contributed by atoms with Crippen molar-refractivity contribution in [1.29, 1.82) is 0 Å². The monoisotopic (exact) mass is 274 g/mol. The van der Waals surface area contributed by atoms with Gasteiger partial charge in [0.25, 0.3) is 0 Å². The minimum Gasteiger partial charge on any atom is -0.308 e. The van der Waals surface area contributed by atoms with Crippen LogP contribution in [0.15, 0.2) is 24.3 Å². The highest BCUT2D eigenvalue weighted by molar-refractivity contribution is 5.27. The van der Waals surface area contributed by atoms with Crippen LogP contribution in [-0.4, -0.2) is 23.0 Å². The van der Waals surface area contributed by atoms with Gasteiger partial charge in [-0.2, -0.15) is 0 Å². The molecule has 2 nitrogen and oxygen atoms in total. The van der Waals surface area contributed by atoms with Crippen LogP contribution in [0.4, 0.5) is 0 Å². The SMILES string of the molecule is CCCN(Cc1ccccc1CNC(C)(C)C)C1CC1. The minimum atomic E-state index is 0.173. The van der Waals surface area contributed by atoms with Crippen LogP contribution >= 0.6 is 0 Å². The number of nitrogens with one attached hydrogen (secondary N) is 1. The van der Waals surface area contributed by atoms with Crippen molar-refractivity contribution in [2.45, 2.75) is 71.6 Å². The average molecular weight is 274 g/mol. The van der Waals surface area contributed by atoms with Crippen molar-refractivity contribution in [2.24, 2.45) is 0 Å². The molecule has 0 atom stereocenters. The van der Waals surface area contributed by atoms with Crippen LogP contribution in [0, 0.1) is 0 Å². The number of hydrogen-bond donors (Lipinski definition) is 1. The lowest BCUT2D eigenvalue weighted by molar-refractivity contribution is 0.254. The zero-order valence-electron chi connectivity index (χ0n) is 13.6. The number of hydrogen-bond acceptors (Lipinski definition) is 2. The van der Waals surface area contributed by atoms with Gasteiger partial charge in [-0.15, -0.1) is 0 Å². The Hall–Kier alpha value is -0.860. The van der Waals surface area contributed by atoms with Gasteiger partial charge in [-0.1, -0.05) is 31.2 Å². The van der Waals surface area contributed by atoms with Crippen molar-refractivity contribution >= 4 is 0 Å². The van der Waals surface area contributed by atoms with Gasteiger partial charge in [-0.3, -0.25) is 4.90 Å². The number of rotatable bonds is 7. The number of benzene rings is 1. The number of nitrogens with zero attached hydrogens (tertiary/aromatic N) is 1. The summed E-state index contributed by atoms with van der Waals surface area (Å²) in [5, 5.41) is 3.61. The molecule has 1 aliphatic rings. The van der Waals surface area contributed by atoms with Crippen LogP contribution in [0.5, 0.6) is 0 Å². The van der Waals surface area contributed by atoms with E-state index in [9.17, 15) is 0 Å². The molecule has 0 saturated heterocycles. The first-order chi connectivity index (χ1) is 9.49. The maximum atomic E-state index is 3.61. The highest BCUT2D eigenvalue weighted by atomic mass is 15.2. The molecule has 2 heteroatoms. The standard InChI is InChI=1S/C18H30N2/c1-5-12-20(17-10-11-17)14-16-9-7-6-8-15(16)13-19-18(2,3)4/h6-9,17,19H,5,10-14H2,1-4H3. The van der Waals surface area contributed by atoms with Crippen LogP contribution < -0.4 is 5.32 Å². The van der Waals surface area contributed by atoms with Gasteiger partial charge in [0.2, 0.25) is 0 Å². The summed E-state index contributed by atoms with van der Waals surface area (Å²) in [6.45, 7) is 12.3. The molecule has 1 saturated carbocycles. The highest BCUT2D eigenvalue weighted by Gasteiger charge is 2.28. The minimum absolute atomic E-state index is 0.173. The molecule has 0 aromatic heterocycles. The second-order valence-corrected chi connectivity index (χ2v) is 7.07. The van der Waals surface area contributed by atoms with Crippen molar-refractivity contribution in [3.8, 4) is 0 Å². The molecule has 1 N–H and O–H groups in total. The van der Waals surface area contributed by atoms with Gasteiger partial charge >= 0.3 is 0 Å². The molecule has 0 unspecified atom stereocenters. The maximum Gasteiger partial charge on any atom is 0.0239 e. The van der Waals surface area contributed by atoms with E-state index in [2.05, 4.69) is 62.2 Å². The van der Waals surface area contributed by atoms with Crippen molar-refractivity contribution in [3.63, 3.8) is 0 Å². The van der Waals surface area contributed by atoms with E-state index in [-0.39, 0.29) is 5.54 Å². The van der Waals surface area contributed by atoms with E-state index in [1.165, 1.54) is 36.9 Å². The Bertz CT molecular complexity index is 416. The van der Waals surface area contributed by atoms with Gasteiger partial charge in [-0.05, 0) is 57.7 Å². The zero-order valence-corrected chi connectivity index (χ0v) is 13.6. The van der Waals surface area contributed by atoms with Crippen molar-refractivity contribution in [2.75, 3.05) is 6.54 Å². The van der Waals surface area contributed by atoms with Gasteiger partial charge < -0.3 is 5.32 Å². The Kier molecular flexibility index (Phi) is 5.22. The van der Waals surface area contributed by atoms with E-state index in [4.69, 9.17) is 0 Å². The first-order valence-corrected chi connectivity index (χ1v) is 8.05. The second kappa shape index (κ2) is 6.73. The topological polar surface area (TPSA) is 15.3 Å². The molecule has 0 bridgehead atoms. The second-order valence-electron chi connectivity index (χ2n) is 7.07. The molecule has 2 rings (SSSR count). The molecule has 0 spiro atoms. The summed E-state index contributed by atoms with van der Waals surface area (Å²) < 4.78 is 0. The molecule has 1 fully saturated rings. The Balaban J connectivity index is 2.02. The van der Waals surface area contributed by atoms with Gasteiger partial charge in [0, 0.05) is 24.7 Å². The molecular weight excluding hydrogens is 244 g/mol. The maximum absolute atomic E-state index is 3.61. The molecule has 1 aromatic rings. The Morgan fingerprint density at radius 3 is 2.35 bits per heavy atom. The molecule has 0 amide bonds. The van der Waals surface area contributed by atoms with Gasteiger partial charge in [0.05, 0.1) is 0 Å². The largest absolute Gasteiger partial charge is 0.308 e. The summed E-state index contributed by atoms with van der Waals surface area (Å²) in [4.78, 5) is 2.66. The lowest BCUT2D eigenvalue weighted by Crippen LogP contribution is -2.35. The molecule has 1 aliphatic carbocycles. The van der Waals surface area contributed by atoms with Crippen LogP contribution in [-0.2, 0) is 13.1 Å². The third kappa shape index (κ3) is 4.92. The normalized spacial score (nSPS) is 15.8. The quantitative estimate of drug-likeness (QED) is 0.810. The van der Waals surface area contributed by atoms with E-state index in [1.807, 2.05) is 0 Å². The van der Waals surface area contributed by atoms with E-state index in [1.54, 1.807) is 0 Å². The zero-order chi connectivity index (χ0) is 14.6. The van der Waals surface area contributed by atoms with Gasteiger partial charge in [0.15, 0.2) is 0 Å². The fourth-order valence-electron chi connectivity index (χ4n) is 2.58. The third-order valence-electron chi connectivity index (χ3n) is 3.88. The van der Waals surface area contributed by atoms with Crippen molar-refractivity contribution in [1.82, 2.24) is 10.2 Å². The summed E-state index contributed by atoms with van der Waals surface area (Å²) in [5.74, 6) is 0. The average Bonchev–Trinajstić information content (AvgIpc) is 3.20. The predicted octanol–water partition coefficient (Wildman–Crippen LogP) is 3.95. The summed E-state index contributed by atoms with van der Waals surface area (Å²) in [6.07, 6.45) is 4.03. The molecular formula is C18H30N2. The van der Waals surface area contributed by atoms with E-state index >= 15 is 0 Å². The molecule has 112 valence electrons. The van der Waals surface area contributed by atoms with Crippen molar-refractivity contribution < 1.29 is 0 Å². The van der Waals surface area contributed by atoms with E-state index in [0.29, 0.717) is 0 Å². The molecule has 0 aliphatic heterocycles. The Labute approximate surface area is 124 Å². The first kappa shape index (κ1) is 15.5. The van der Waals surface area contributed by atoms with Crippen molar-refractivity contribution in [3.05, 3.63) is 35.4 Å². The third-order valence-corrected chi connectivity index (χ3v) is 3.88. The van der Waals surface area contributed by atoms with Crippen LogP contribution in [0.3, 0.4) is 0 Å². The fraction of sp³-hybridized carbons (Fsp3) is 0.667. The van der Waals surface area contributed by atoms with E-state index in [0.717, 1.165) is 19.1 Å². The predicted molar refractivity (Wildman–Crippen MR) is 86.8 cm³/mol. The van der Waals surface area contributed by atoms with Gasteiger partial charge in [0.1, 0.15) is 0 Å². The fourth-order valence-corrected chi connectivity index (χ4v) is 2.58. The summed E-state index contributed by atoms with van der Waals surface area (Å²) in [7, 11) is 0. The van der Waals surface area contributed by atoms with Crippen LogP contribution in [0.2, 0.25) is 0 Å². The summed E-state index contributed by atoms with van der Waals surface area (Å²) >= 11 is 0. The highest BCUT2D eigenvalue weighted by Crippen LogP contribution is 2.29. The lowest BCUT2D eigenvalue weighted by atomic mass is 10.0. The molecule has 1 aromatic carbocycles. The Morgan fingerprint density at radius 2 is 1.80 bits per heavy atom. The molecule has 0 heterocycles. The first-order valence-electron chi connectivity index (χ1n) is 8.05. The lowest BCUT2D eigenvalue weighted by Gasteiger charge is -2.25. The molecule has 0 radical (unpaired) electrons. The summed E-state index contributed by atoms with van der Waals surface area (Å²) in [6, 6.07) is 9.74. The molecule has 20 heavy (non-hydrogen) atoms. The smallest absolute Gasteiger partial charge is 0.0239 e.